The molecule has 23 heavy (non-hydrogen) atoms. The predicted molar refractivity (Wildman–Crippen MR) is 90.3 cm³/mol. The van der Waals surface area contributed by atoms with Crippen molar-refractivity contribution in [2.75, 3.05) is 39.4 Å². The summed E-state index contributed by atoms with van der Waals surface area (Å²) in [5, 5.41) is 0. The molecule has 6 nitrogen and oxygen atoms in total. The van der Waals surface area contributed by atoms with E-state index in [1.54, 1.807) is 24.3 Å². The van der Waals surface area contributed by atoms with Crippen LogP contribution in [0.3, 0.4) is 0 Å². The van der Waals surface area contributed by atoms with Crippen LogP contribution in [0.2, 0.25) is 0 Å². The van der Waals surface area contributed by atoms with Gasteiger partial charge in [0.05, 0.1) is 11.6 Å². The number of hydrogen-bond donors (Lipinski definition) is 0. The summed E-state index contributed by atoms with van der Waals surface area (Å²) < 4.78 is 27.6. The van der Waals surface area contributed by atoms with Crippen molar-refractivity contribution in [1.82, 2.24) is 14.1 Å². The van der Waals surface area contributed by atoms with Crippen LogP contribution in [-0.4, -0.2) is 67.8 Å². The first-order valence-electron chi connectivity index (χ1n) is 7.73. The van der Waals surface area contributed by atoms with Gasteiger partial charge in [0.1, 0.15) is 0 Å². The highest BCUT2D eigenvalue weighted by molar-refractivity contribution is 9.10. The Hall–Kier alpha value is -0.960. The van der Waals surface area contributed by atoms with Crippen LogP contribution in [0.1, 0.15) is 12.8 Å². The molecule has 0 aliphatic carbocycles. The van der Waals surface area contributed by atoms with E-state index in [0.29, 0.717) is 48.6 Å². The monoisotopic (exact) mass is 401 g/mol. The Bertz CT molecular complexity index is 687. The van der Waals surface area contributed by atoms with E-state index < -0.39 is 10.0 Å². The third-order valence-corrected chi connectivity index (χ3v) is 7.24. The van der Waals surface area contributed by atoms with Crippen LogP contribution < -0.4 is 0 Å². The Kier molecular flexibility index (Phi) is 5.05. The minimum Gasteiger partial charge on any atom is -0.330 e. The number of carbonyl (C=O) groups excluding carboxylic acids is 1. The zero-order valence-electron chi connectivity index (χ0n) is 12.8. The average Bonchev–Trinajstić information content (AvgIpc) is 2.93. The molecule has 3 rings (SSSR count). The van der Waals surface area contributed by atoms with Crippen LogP contribution in [0, 0.1) is 0 Å². The molecule has 2 aliphatic heterocycles. The quantitative estimate of drug-likeness (QED) is 0.763. The summed E-state index contributed by atoms with van der Waals surface area (Å²) in [6.45, 7) is 3.62. The number of nitrogens with zero attached hydrogens (tertiary/aromatic N) is 3. The molecule has 0 atom stereocenters. The van der Waals surface area contributed by atoms with Gasteiger partial charge < -0.3 is 4.90 Å². The summed E-state index contributed by atoms with van der Waals surface area (Å²) in [4.78, 5) is 16.0. The smallest absolute Gasteiger partial charge is 0.244 e. The fourth-order valence-corrected chi connectivity index (χ4v) is 5.38. The van der Waals surface area contributed by atoms with E-state index in [1.165, 1.54) is 4.31 Å². The Morgan fingerprint density at radius 2 is 1.74 bits per heavy atom. The van der Waals surface area contributed by atoms with Crippen molar-refractivity contribution in [3.05, 3.63) is 28.7 Å². The SMILES string of the molecule is O=C1CCCN1CN1CCN(S(=O)(=O)c2ccccc2Br)CC1. The number of rotatable bonds is 4. The number of sulfonamides is 1. The molecule has 0 radical (unpaired) electrons. The van der Waals surface area contributed by atoms with Gasteiger partial charge in [0.2, 0.25) is 15.9 Å². The van der Waals surface area contributed by atoms with Crippen molar-refractivity contribution in [3.63, 3.8) is 0 Å². The van der Waals surface area contributed by atoms with Gasteiger partial charge in [-0.15, -0.1) is 0 Å². The highest BCUT2D eigenvalue weighted by Gasteiger charge is 2.31. The lowest BCUT2D eigenvalue weighted by molar-refractivity contribution is -0.129. The highest BCUT2D eigenvalue weighted by Crippen LogP contribution is 2.25. The maximum absolute atomic E-state index is 12.7. The van der Waals surface area contributed by atoms with Gasteiger partial charge in [-0.2, -0.15) is 4.31 Å². The summed E-state index contributed by atoms with van der Waals surface area (Å²) >= 11 is 3.32. The van der Waals surface area contributed by atoms with E-state index in [0.717, 1.165) is 13.0 Å². The van der Waals surface area contributed by atoms with Gasteiger partial charge >= 0.3 is 0 Å². The van der Waals surface area contributed by atoms with E-state index in [4.69, 9.17) is 0 Å². The van der Waals surface area contributed by atoms with Crippen LogP contribution in [-0.2, 0) is 14.8 Å². The molecule has 126 valence electrons. The molecule has 2 fully saturated rings. The van der Waals surface area contributed by atoms with Crippen molar-refractivity contribution < 1.29 is 13.2 Å². The molecule has 0 N–H and O–H groups in total. The molecule has 1 amide bonds. The molecule has 1 aromatic rings. The second-order valence-corrected chi connectivity index (χ2v) is 8.62. The van der Waals surface area contributed by atoms with Gasteiger partial charge in [-0.1, -0.05) is 12.1 Å². The fourth-order valence-electron chi connectivity index (χ4n) is 3.00. The topological polar surface area (TPSA) is 60.9 Å². The summed E-state index contributed by atoms with van der Waals surface area (Å²) in [7, 11) is -3.47. The first-order chi connectivity index (χ1) is 11.0. The lowest BCUT2D eigenvalue weighted by Crippen LogP contribution is -2.51. The molecule has 1 aromatic carbocycles. The van der Waals surface area contributed by atoms with Gasteiger partial charge in [0.15, 0.2) is 0 Å². The van der Waals surface area contributed by atoms with E-state index in [1.807, 2.05) is 4.90 Å². The molecule has 0 aromatic heterocycles. The van der Waals surface area contributed by atoms with E-state index >= 15 is 0 Å². The lowest BCUT2D eigenvalue weighted by Gasteiger charge is -2.36. The van der Waals surface area contributed by atoms with Gasteiger partial charge in [-0.3, -0.25) is 9.69 Å². The number of likely N-dealkylation sites (tertiary alicyclic amines) is 1. The summed E-state index contributed by atoms with van der Waals surface area (Å²) in [5.74, 6) is 0.202. The second kappa shape index (κ2) is 6.88. The highest BCUT2D eigenvalue weighted by atomic mass is 79.9. The van der Waals surface area contributed by atoms with Crippen LogP contribution >= 0.6 is 15.9 Å². The molecule has 0 bridgehead atoms. The normalized spacial score (nSPS) is 21.1. The largest absolute Gasteiger partial charge is 0.330 e. The molecule has 0 spiro atoms. The molecule has 8 heteroatoms. The third-order valence-electron chi connectivity index (χ3n) is 4.33. The van der Waals surface area contributed by atoms with Crippen LogP contribution in [0.4, 0.5) is 0 Å². The Balaban J connectivity index is 1.62. The maximum Gasteiger partial charge on any atom is 0.244 e. The van der Waals surface area contributed by atoms with Crippen molar-refractivity contribution in [2.45, 2.75) is 17.7 Å². The number of amides is 1. The minimum atomic E-state index is -3.47. The van der Waals surface area contributed by atoms with Crippen LogP contribution in [0.15, 0.2) is 33.6 Å². The number of carbonyl (C=O) groups is 1. The molecule has 2 aliphatic rings. The molecule has 0 saturated carbocycles. The van der Waals surface area contributed by atoms with Gasteiger partial charge in [-0.25, -0.2) is 8.42 Å². The molecule has 2 heterocycles. The van der Waals surface area contributed by atoms with Gasteiger partial charge in [-0.05, 0) is 34.5 Å². The Labute approximate surface area is 145 Å². The fraction of sp³-hybridized carbons (Fsp3) is 0.533. The van der Waals surface area contributed by atoms with Crippen LogP contribution in [0.25, 0.3) is 0 Å². The first kappa shape index (κ1) is 16.9. The molecular weight excluding hydrogens is 382 g/mol. The van der Waals surface area contributed by atoms with Gasteiger partial charge in [0, 0.05) is 43.6 Å². The first-order valence-corrected chi connectivity index (χ1v) is 9.96. The lowest BCUT2D eigenvalue weighted by atomic mass is 10.4. The molecular formula is C15H20BrN3O3S. The van der Waals surface area contributed by atoms with E-state index in [-0.39, 0.29) is 5.91 Å². The number of piperazine rings is 1. The molecule has 0 unspecified atom stereocenters. The van der Waals surface area contributed by atoms with Crippen molar-refractivity contribution in [3.8, 4) is 0 Å². The van der Waals surface area contributed by atoms with E-state index in [9.17, 15) is 13.2 Å². The number of halogens is 1. The number of hydrogen-bond acceptors (Lipinski definition) is 4. The third kappa shape index (κ3) is 3.60. The van der Waals surface area contributed by atoms with Crippen molar-refractivity contribution in [2.24, 2.45) is 0 Å². The van der Waals surface area contributed by atoms with Crippen molar-refractivity contribution in [1.29, 1.82) is 0 Å². The maximum atomic E-state index is 12.7. The number of benzene rings is 1. The second-order valence-electron chi connectivity index (χ2n) is 5.85. The van der Waals surface area contributed by atoms with E-state index in [2.05, 4.69) is 20.8 Å². The van der Waals surface area contributed by atoms with Gasteiger partial charge in [0.25, 0.3) is 0 Å². The van der Waals surface area contributed by atoms with Crippen LogP contribution in [0.5, 0.6) is 0 Å². The zero-order valence-corrected chi connectivity index (χ0v) is 15.2. The summed E-state index contributed by atoms with van der Waals surface area (Å²) in [6.07, 6.45) is 1.56. The summed E-state index contributed by atoms with van der Waals surface area (Å²) in [5.41, 5.74) is 0. The average molecular weight is 402 g/mol. The summed E-state index contributed by atoms with van der Waals surface area (Å²) in [6, 6.07) is 6.89. The minimum absolute atomic E-state index is 0.202. The predicted octanol–water partition coefficient (Wildman–Crippen LogP) is 1.34. The zero-order chi connectivity index (χ0) is 16.4. The Morgan fingerprint density at radius 3 is 2.35 bits per heavy atom. The Morgan fingerprint density at radius 1 is 1.04 bits per heavy atom. The van der Waals surface area contributed by atoms with Crippen molar-refractivity contribution >= 4 is 31.9 Å². The standard InChI is InChI=1S/C15H20BrN3O3S/c16-13-4-1-2-5-14(13)23(21,22)19-10-8-17(9-11-19)12-18-7-3-6-15(18)20/h1-2,4-5H,3,6-12H2. The molecule has 2 saturated heterocycles.